The summed E-state index contributed by atoms with van der Waals surface area (Å²) in [7, 11) is 0. The molecule has 2 nitrogen and oxygen atoms in total. The zero-order valence-electron chi connectivity index (χ0n) is 5.93. The van der Waals surface area contributed by atoms with Crippen LogP contribution in [0.25, 0.3) is 0 Å². The Morgan fingerprint density at radius 2 is 2.18 bits per heavy atom. The summed E-state index contributed by atoms with van der Waals surface area (Å²) in [5, 5.41) is 0. The summed E-state index contributed by atoms with van der Waals surface area (Å²) in [6.45, 7) is 0.444. The van der Waals surface area contributed by atoms with Gasteiger partial charge in [-0.25, -0.2) is 4.39 Å². The lowest BCUT2D eigenvalue weighted by Gasteiger charge is -2.20. The zero-order valence-corrected chi connectivity index (χ0v) is 7.51. The predicted molar refractivity (Wildman–Crippen MR) is 46.7 cm³/mol. The van der Waals surface area contributed by atoms with Crippen LogP contribution >= 0.6 is 15.9 Å². The lowest BCUT2D eigenvalue weighted by molar-refractivity contribution is 0.546. The molecule has 11 heavy (non-hydrogen) atoms. The Morgan fingerprint density at radius 1 is 1.55 bits per heavy atom. The lowest BCUT2D eigenvalue weighted by Crippen LogP contribution is -2.34. The van der Waals surface area contributed by atoms with E-state index in [9.17, 15) is 4.39 Å². The van der Waals surface area contributed by atoms with E-state index in [4.69, 9.17) is 11.5 Å². The average molecular weight is 221 g/mol. The highest BCUT2D eigenvalue weighted by Crippen LogP contribution is 2.26. The van der Waals surface area contributed by atoms with Crippen molar-refractivity contribution in [3.63, 3.8) is 0 Å². The Bertz CT molecular complexity index is 212. The average Bonchev–Trinajstić information content (AvgIpc) is 1.97. The molecule has 0 heterocycles. The quantitative estimate of drug-likeness (QED) is 0.694. The SMILES string of the molecule is NCC1C=C(Br)C(F)=CC1N. The monoisotopic (exact) mass is 220 g/mol. The van der Waals surface area contributed by atoms with Crippen molar-refractivity contribution in [2.45, 2.75) is 6.04 Å². The van der Waals surface area contributed by atoms with Gasteiger partial charge in [0.05, 0.1) is 0 Å². The van der Waals surface area contributed by atoms with Gasteiger partial charge >= 0.3 is 0 Å². The molecule has 62 valence electrons. The second-order valence-corrected chi connectivity index (χ2v) is 3.36. The Morgan fingerprint density at radius 3 is 2.73 bits per heavy atom. The molecular formula is C7H10BrFN2. The minimum Gasteiger partial charge on any atom is -0.330 e. The van der Waals surface area contributed by atoms with Gasteiger partial charge in [-0.2, -0.15) is 0 Å². The highest BCUT2D eigenvalue weighted by Gasteiger charge is 2.19. The van der Waals surface area contributed by atoms with Crippen LogP contribution in [0.2, 0.25) is 0 Å². The van der Waals surface area contributed by atoms with Crippen LogP contribution in [0.15, 0.2) is 22.5 Å². The molecule has 0 spiro atoms. The van der Waals surface area contributed by atoms with Crippen LogP contribution in [-0.4, -0.2) is 12.6 Å². The van der Waals surface area contributed by atoms with Gasteiger partial charge in [0.25, 0.3) is 0 Å². The molecule has 0 aliphatic heterocycles. The molecule has 0 aromatic heterocycles. The summed E-state index contributed by atoms with van der Waals surface area (Å²) < 4.78 is 13.2. The van der Waals surface area contributed by atoms with Crippen LogP contribution in [0.1, 0.15) is 0 Å². The van der Waals surface area contributed by atoms with Crippen molar-refractivity contribution < 1.29 is 4.39 Å². The van der Waals surface area contributed by atoms with Gasteiger partial charge in [-0.15, -0.1) is 0 Å². The third kappa shape index (κ3) is 1.89. The Balaban J connectivity index is 2.79. The van der Waals surface area contributed by atoms with E-state index in [-0.39, 0.29) is 17.8 Å². The number of hydrogen-bond acceptors (Lipinski definition) is 2. The number of nitrogens with two attached hydrogens (primary N) is 2. The summed E-state index contributed by atoms with van der Waals surface area (Å²) in [4.78, 5) is 0. The largest absolute Gasteiger partial charge is 0.330 e. The smallest absolute Gasteiger partial charge is 0.134 e. The highest BCUT2D eigenvalue weighted by atomic mass is 79.9. The minimum atomic E-state index is -0.304. The predicted octanol–water partition coefficient (Wildman–Crippen LogP) is 1.03. The van der Waals surface area contributed by atoms with E-state index < -0.39 is 0 Å². The maximum Gasteiger partial charge on any atom is 0.134 e. The molecule has 0 bridgehead atoms. The zero-order chi connectivity index (χ0) is 8.43. The van der Waals surface area contributed by atoms with Crippen molar-refractivity contribution in [3.05, 3.63) is 22.5 Å². The molecule has 0 amide bonds. The van der Waals surface area contributed by atoms with Gasteiger partial charge in [0.1, 0.15) is 5.83 Å². The van der Waals surface area contributed by atoms with Gasteiger partial charge < -0.3 is 11.5 Å². The molecule has 1 aliphatic carbocycles. The summed E-state index contributed by atoms with van der Waals surface area (Å²) >= 11 is 3.07. The number of rotatable bonds is 1. The molecule has 0 saturated heterocycles. The van der Waals surface area contributed by atoms with E-state index in [0.717, 1.165) is 0 Å². The van der Waals surface area contributed by atoms with E-state index in [0.29, 0.717) is 11.0 Å². The summed E-state index contributed by atoms with van der Waals surface area (Å²) in [5.74, 6) is -0.258. The number of allylic oxidation sites excluding steroid dienone is 2. The normalized spacial score (nSPS) is 31.3. The molecule has 0 aromatic rings. The summed E-state index contributed by atoms with van der Waals surface area (Å²) in [5.41, 5.74) is 11.0. The van der Waals surface area contributed by atoms with Crippen LogP contribution in [-0.2, 0) is 0 Å². The van der Waals surface area contributed by atoms with Crippen molar-refractivity contribution in [1.82, 2.24) is 0 Å². The molecule has 0 radical (unpaired) electrons. The van der Waals surface area contributed by atoms with Gasteiger partial charge in [-0.1, -0.05) is 6.08 Å². The second kappa shape index (κ2) is 3.47. The van der Waals surface area contributed by atoms with Crippen molar-refractivity contribution >= 4 is 15.9 Å². The van der Waals surface area contributed by atoms with E-state index in [1.54, 1.807) is 6.08 Å². The maximum atomic E-state index is 12.8. The lowest BCUT2D eigenvalue weighted by atomic mass is 9.96. The topological polar surface area (TPSA) is 52.0 Å². The molecule has 4 heteroatoms. The van der Waals surface area contributed by atoms with Crippen LogP contribution < -0.4 is 11.5 Å². The van der Waals surface area contributed by atoms with Gasteiger partial charge in [0.15, 0.2) is 0 Å². The Labute approximate surface area is 73.3 Å². The van der Waals surface area contributed by atoms with Crippen LogP contribution in [0, 0.1) is 5.92 Å². The molecule has 0 aromatic carbocycles. The molecule has 0 saturated carbocycles. The van der Waals surface area contributed by atoms with Crippen LogP contribution in [0.4, 0.5) is 4.39 Å². The molecule has 4 N–H and O–H groups in total. The van der Waals surface area contributed by atoms with Crippen LogP contribution in [0.3, 0.4) is 0 Å². The van der Waals surface area contributed by atoms with Gasteiger partial charge in [-0.3, -0.25) is 0 Å². The van der Waals surface area contributed by atoms with Crippen molar-refractivity contribution in [1.29, 1.82) is 0 Å². The molecule has 2 unspecified atom stereocenters. The third-order valence-electron chi connectivity index (χ3n) is 1.69. The summed E-state index contributed by atoms with van der Waals surface area (Å²) in [6.07, 6.45) is 3.08. The summed E-state index contributed by atoms with van der Waals surface area (Å²) in [6, 6.07) is -0.290. The first-order chi connectivity index (χ1) is 5.15. The first-order valence-electron chi connectivity index (χ1n) is 3.36. The first kappa shape index (κ1) is 8.90. The fraction of sp³-hybridized carbons (Fsp3) is 0.429. The van der Waals surface area contributed by atoms with E-state index >= 15 is 0 Å². The molecule has 0 fully saturated rings. The third-order valence-corrected chi connectivity index (χ3v) is 2.34. The first-order valence-corrected chi connectivity index (χ1v) is 4.15. The molecule has 1 rings (SSSR count). The Hall–Kier alpha value is -0.190. The minimum absolute atomic E-state index is 0.0453. The number of halogens is 2. The highest BCUT2D eigenvalue weighted by molar-refractivity contribution is 9.11. The van der Waals surface area contributed by atoms with Crippen molar-refractivity contribution in [2.75, 3.05) is 6.54 Å². The molecule has 2 atom stereocenters. The van der Waals surface area contributed by atoms with Crippen molar-refractivity contribution in [3.8, 4) is 0 Å². The van der Waals surface area contributed by atoms with Crippen LogP contribution in [0.5, 0.6) is 0 Å². The van der Waals surface area contributed by atoms with Gasteiger partial charge in [0.2, 0.25) is 0 Å². The van der Waals surface area contributed by atoms with E-state index in [1.165, 1.54) is 6.08 Å². The Kier molecular flexibility index (Phi) is 2.81. The van der Waals surface area contributed by atoms with Gasteiger partial charge in [-0.05, 0) is 22.0 Å². The maximum absolute atomic E-state index is 12.8. The van der Waals surface area contributed by atoms with Gasteiger partial charge in [0, 0.05) is 23.0 Å². The fourth-order valence-electron chi connectivity index (χ4n) is 0.976. The standard InChI is InChI=1S/C7H10BrFN2/c8-5-1-4(3-10)7(11)2-6(5)9/h1-2,4,7H,3,10-11H2. The second-order valence-electron chi connectivity index (χ2n) is 2.51. The van der Waals surface area contributed by atoms with E-state index in [2.05, 4.69) is 15.9 Å². The number of hydrogen-bond donors (Lipinski definition) is 2. The molecular weight excluding hydrogens is 211 g/mol. The van der Waals surface area contributed by atoms with E-state index in [1.807, 2.05) is 0 Å². The fourth-order valence-corrected chi connectivity index (χ4v) is 1.45. The van der Waals surface area contributed by atoms with Crippen molar-refractivity contribution in [2.24, 2.45) is 17.4 Å². The molecule has 1 aliphatic rings.